The minimum Gasteiger partial charge on any atom is -0.458 e. The van der Waals surface area contributed by atoms with Gasteiger partial charge < -0.3 is 10.1 Å². The van der Waals surface area contributed by atoms with Gasteiger partial charge >= 0.3 is 6.01 Å². The number of aryl methyl sites for hydroxylation is 1. The van der Waals surface area contributed by atoms with Crippen LogP contribution in [-0.2, 0) is 20.2 Å². The van der Waals surface area contributed by atoms with Gasteiger partial charge in [-0.05, 0) is 40.3 Å². The van der Waals surface area contributed by atoms with Crippen LogP contribution in [0, 0.1) is 6.57 Å². The molecule has 33 heavy (non-hydrogen) atoms. The summed E-state index contributed by atoms with van der Waals surface area (Å²) < 4.78 is 9.40. The van der Waals surface area contributed by atoms with Gasteiger partial charge in [0.25, 0.3) is 5.95 Å². The molecule has 0 amide bonds. The first-order valence-corrected chi connectivity index (χ1v) is 10.2. The van der Waals surface area contributed by atoms with Crippen molar-refractivity contribution in [1.82, 2.24) is 34.7 Å². The fraction of sp³-hybridized carbons (Fsp3) is 0.130. The molecule has 3 aromatic heterocycles. The summed E-state index contributed by atoms with van der Waals surface area (Å²) in [6.07, 6.45) is 0. The minimum absolute atomic E-state index is 0.220. The summed E-state index contributed by atoms with van der Waals surface area (Å²) in [6.45, 7) is 7.93. The van der Waals surface area contributed by atoms with E-state index in [2.05, 4.69) is 35.7 Å². The molecular weight excluding hydrogens is 418 g/mol. The number of tetrazole rings is 1. The Morgan fingerprint density at radius 3 is 2.76 bits per heavy atom. The molecule has 5 aromatic rings. The molecule has 0 unspecified atom stereocenters. The Morgan fingerprint density at radius 2 is 1.91 bits per heavy atom. The fourth-order valence-corrected chi connectivity index (χ4v) is 3.43. The van der Waals surface area contributed by atoms with Crippen LogP contribution in [0.2, 0.25) is 0 Å². The third-order valence-corrected chi connectivity index (χ3v) is 5.00. The van der Waals surface area contributed by atoms with Crippen molar-refractivity contribution in [3.8, 4) is 12.0 Å². The second-order valence-electron chi connectivity index (χ2n) is 7.26. The van der Waals surface area contributed by atoms with E-state index in [1.165, 1.54) is 0 Å². The van der Waals surface area contributed by atoms with Gasteiger partial charge in [0.05, 0.1) is 23.3 Å². The van der Waals surface area contributed by atoms with Gasteiger partial charge in [0.1, 0.15) is 12.4 Å². The Kier molecular flexibility index (Phi) is 5.35. The number of aromatic nitrogens is 7. The molecule has 0 aliphatic rings. The van der Waals surface area contributed by atoms with Gasteiger partial charge in [0, 0.05) is 13.6 Å². The lowest BCUT2D eigenvalue weighted by Gasteiger charge is -2.10. The third-order valence-electron chi connectivity index (χ3n) is 5.00. The van der Waals surface area contributed by atoms with Crippen molar-refractivity contribution in [3.63, 3.8) is 0 Å². The molecular formula is C23H19N9O. The number of benzene rings is 2. The van der Waals surface area contributed by atoms with Gasteiger partial charge in [0.15, 0.2) is 5.69 Å². The summed E-state index contributed by atoms with van der Waals surface area (Å²) >= 11 is 0. The zero-order valence-electron chi connectivity index (χ0n) is 17.8. The molecule has 0 radical (unpaired) electrons. The molecule has 0 bridgehead atoms. The maximum absolute atomic E-state index is 7.15. The van der Waals surface area contributed by atoms with Crippen molar-refractivity contribution in [1.29, 1.82) is 0 Å². The van der Waals surface area contributed by atoms with E-state index in [0.717, 1.165) is 28.1 Å². The number of para-hydroxylation sites is 2. The van der Waals surface area contributed by atoms with Gasteiger partial charge in [-0.25, -0.2) is 19.1 Å². The van der Waals surface area contributed by atoms with Gasteiger partial charge in [-0.15, -0.1) is 0 Å². The second kappa shape index (κ2) is 8.76. The Labute approximate surface area is 189 Å². The molecule has 0 atom stereocenters. The van der Waals surface area contributed by atoms with Crippen molar-refractivity contribution in [2.24, 2.45) is 7.05 Å². The van der Waals surface area contributed by atoms with Crippen molar-refractivity contribution in [2.75, 3.05) is 5.32 Å². The number of rotatable bonds is 7. The number of nitrogens with zero attached hydrogens (tertiary/aromatic N) is 8. The van der Waals surface area contributed by atoms with Crippen LogP contribution in [0.1, 0.15) is 11.3 Å². The van der Waals surface area contributed by atoms with Crippen LogP contribution in [0.25, 0.3) is 21.8 Å². The maximum atomic E-state index is 7.15. The lowest BCUT2D eigenvalue weighted by molar-refractivity contribution is 0.272. The molecule has 0 fully saturated rings. The van der Waals surface area contributed by atoms with Crippen LogP contribution in [-0.4, -0.2) is 34.7 Å². The van der Waals surface area contributed by atoms with Crippen LogP contribution in [0.15, 0.2) is 66.7 Å². The molecule has 162 valence electrons. The van der Waals surface area contributed by atoms with Crippen LogP contribution in [0.5, 0.6) is 6.01 Å². The number of hydrogen-bond acceptors (Lipinski definition) is 7. The first kappa shape index (κ1) is 20.1. The monoisotopic (exact) mass is 437 g/mol. The van der Waals surface area contributed by atoms with E-state index in [-0.39, 0.29) is 6.61 Å². The summed E-state index contributed by atoms with van der Waals surface area (Å²) in [5.41, 5.74) is 3.99. The first-order valence-electron chi connectivity index (χ1n) is 10.2. The molecule has 0 saturated carbocycles. The van der Waals surface area contributed by atoms with Gasteiger partial charge in [-0.1, -0.05) is 47.6 Å². The molecule has 3 heterocycles. The normalized spacial score (nSPS) is 10.8. The van der Waals surface area contributed by atoms with Crippen LogP contribution < -0.4 is 10.1 Å². The van der Waals surface area contributed by atoms with Crippen molar-refractivity contribution in [3.05, 3.63) is 89.4 Å². The highest BCUT2D eigenvalue weighted by molar-refractivity contribution is 5.78. The Bertz CT molecular complexity index is 1460. The zero-order valence-corrected chi connectivity index (χ0v) is 17.8. The van der Waals surface area contributed by atoms with Gasteiger partial charge in [-0.3, -0.25) is 0 Å². The molecule has 0 spiro atoms. The van der Waals surface area contributed by atoms with E-state index in [4.69, 9.17) is 11.3 Å². The average Bonchev–Trinajstić information content (AvgIpc) is 3.44. The van der Waals surface area contributed by atoms with Gasteiger partial charge in [-0.2, -0.15) is 4.98 Å². The highest BCUT2D eigenvalue weighted by atomic mass is 16.5. The van der Waals surface area contributed by atoms with Crippen molar-refractivity contribution >= 4 is 22.5 Å². The highest BCUT2D eigenvalue weighted by Crippen LogP contribution is 2.25. The molecule has 5 rings (SSSR count). The standard InChI is InChI=1S/C23H19N9O/c1-24-17-8-5-7-16(13-17)14-25-21-12-6-9-18(26-21)15-33-23-27-19-10-3-4-11-20(19)32(23)22-28-29-30-31(22)2/h3-13H,14-15H2,2H3,(H,25,26). The third kappa shape index (κ3) is 4.20. The number of anilines is 1. The summed E-state index contributed by atoms with van der Waals surface area (Å²) in [4.78, 5) is 12.7. The first-order chi connectivity index (χ1) is 16.2. The van der Waals surface area contributed by atoms with Crippen LogP contribution in [0.3, 0.4) is 0 Å². The molecule has 0 aliphatic carbocycles. The average molecular weight is 437 g/mol. The van der Waals surface area contributed by atoms with Crippen molar-refractivity contribution in [2.45, 2.75) is 13.2 Å². The molecule has 2 aromatic carbocycles. The fourth-order valence-electron chi connectivity index (χ4n) is 3.43. The number of hydrogen-bond donors (Lipinski definition) is 1. The largest absolute Gasteiger partial charge is 0.458 e. The predicted octanol–water partition coefficient (Wildman–Crippen LogP) is 3.69. The summed E-state index contributed by atoms with van der Waals surface area (Å²) in [6, 6.07) is 21.3. The quantitative estimate of drug-likeness (QED) is 0.388. The Hall–Kier alpha value is -4.78. The molecule has 10 nitrogen and oxygen atoms in total. The van der Waals surface area contributed by atoms with E-state index in [1.54, 1.807) is 22.4 Å². The Morgan fingerprint density at radius 1 is 1.03 bits per heavy atom. The van der Waals surface area contributed by atoms with E-state index in [0.29, 0.717) is 24.2 Å². The number of fused-ring (bicyclic) bond motifs is 1. The minimum atomic E-state index is 0.220. The number of ether oxygens (including phenoxy) is 1. The van der Waals surface area contributed by atoms with E-state index in [9.17, 15) is 0 Å². The van der Waals surface area contributed by atoms with Crippen LogP contribution in [0.4, 0.5) is 11.5 Å². The molecule has 0 saturated heterocycles. The highest BCUT2D eigenvalue weighted by Gasteiger charge is 2.18. The summed E-state index contributed by atoms with van der Waals surface area (Å²) in [7, 11) is 1.76. The lowest BCUT2D eigenvalue weighted by atomic mass is 10.2. The van der Waals surface area contributed by atoms with E-state index < -0.39 is 0 Å². The van der Waals surface area contributed by atoms with Gasteiger partial charge in [0.2, 0.25) is 0 Å². The topological polar surface area (TPSA) is 99.9 Å². The number of nitrogens with one attached hydrogen (secondary N) is 1. The second-order valence-corrected chi connectivity index (χ2v) is 7.26. The Balaban J connectivity index is 1.34. The SMILES string of the molecule is [C-]#[N+]c1cccc(CNc2cccc(COc3nc4ccccc4n3-c3nnnn3C)n2)c1. The lowest BCUT2D eigenvalue weighted by Crippen LogP contribution is -2.09. The smallest absolute Gasteiger partial charge is 0.305 e. The number of pyridine rings is 1. The van der Waals surface area contributed by atoms with E-state index >= 15 is 0 Å². The summed E-state index contributed by atoms with van der Waals surface area (Å²) in [5, 5.41) is 15.1. The molecule has 1 N–H and O–H groups in total. The predicted molar refractivity (Wildman–Crippen MR) is 122 cm³/mol. The molecule has 10 heteroatoms. The number of imidazole rings is 1. The van der Waals surface area contributed by atoms with E-state index in [1.807, 2.05) is 60.7 Å². The van der Waals surface area contributed by atoms with Crippen molar-refractivity contribution < 1.29 is 4.74 Å². The summed E-state index contributed by atoms with van der Waals surface area (Å²) in [5.74, 6) is 1.22. The maximum Gasteiger partial charge on any atom is 0.305 e. The van der Waals surface area contributed by atoms with Crippen LogP contribution >= 0.6 is 0 Å². The zero-order chi connectivity index (χ0) is 22.6. The molecule has 0 aliphatic heterocycles.